The summed E-state index contributed by atoms with van der Waals surface area (Å²) in [5, 5.41) is 11.9. The first-order valence-corrected chi connectivity index (χ1v) is 7.92. The van der Waals surface area contributed by atoms with Crippen LogP contribution >= 0.6 is 0 Å². The zero-order chi connectivity index (χ0) is 17.3. The van der Waals surface area contributed by atoms with E-state index < -0.39 is 23.2 Å². The Morgan fingerprint density at radius 3 is 2.39 bits per heavy atom. The lowest BCUT2D eigenvalue weighted by atomic mass is 9.88. The summed E-state index contributed by atoms with van der Waals surface area (Å²) in [5.74, 6) is -1.22. The zero-order valence-corrected chi connectivity index (χ0v) is 14.2. The zero-order valence-electron chi connectivity index (χ0n) is 14.2. The van der Waals surface area contributed by atoms with Gasteiger partial charge in [0.2, 0.25) is 0 Å². The molecule has 5 heteroatoms. The number of amides is 1. The first-order valence-electron chi connectivity index (χ1n) is 7.92. The van der Waals surface area contributed by atoms with Crippen LogP contribution in [0.2, 0.25) is 0 Å². The summed E-state index contributed by atoms with van der Waals surface area (Å²) in [7, 11) is 0. The van der Waals surface area contributed by atoms with Gasteiger partial charge in [-0.25, -0.2) is 4.79 Å². The number of benzene rings is 1. The van der Waals surface area contributed by atoms with Crippen molar-refractivity contribution in [3.8, 4) is 0 Å². The number of aryl methyl sites for hydroxylation is 1. The van der Waals surface area contributed by atoms with E-state index in [0.29, 0.717) is 19.4 Å². The van der Waals surface area contributed by atoms with Crippen molar-refractivity contribution in [2.45, 2.75) is 58.1 Å². The fourth-order valence-corrected chi connectivity index (χ4v) is 2.97. The van der Waals surface area contributed by atoms with Gasteiger partial charge in [0.05, 0.1) is 11.5 Å². The van der Waals surface area contributed by atoms with E-state index in [0.717, 1.165) is 11.1 Å². The Labute approximate surface area is 137 Å². The van der Waals surface area contributed by atoms with Crippen LogP contribution in [0.3, 0.4) is 0 Å². The van der Waals surface area contributed by atoms with E-state index in [2.05, 4.69) is 0 Å². The summed E-state index contributed by atoms with van der Waals surface area (Å²) >= 11 is 0. The number of nitrogens with zero attached hydrogens (tertiary/aromatic N) is 1. The van der Waals surface area contributed by atoms with E-state index in [1.807, 2.05) is 31.2 Å². The maximum atomic E-state index is 12.4. The van der Waals surface area contributed by atoms with Gasteiger partial charge in [-0.3, -0.25) is 4.90 Å². The first-order chi connectivity index (χ1) is 10.6. The number of rotatable bonds is 3. The highest BCUT2D eigenvalue weighted by Crippen LogP contribution is 2.34. The van der Waals surface area contributed by atoms with Gasteiger partial charge < -0.3 is 14.6 Å². The molecule has 1 heterocycles. The molecular formula is C18H24NO4-. The Morgan fingerprint density at radius 1 is 1.26 bits per heavy atom. The summed E-state index contributed by atoms with van der Waals surface area (Å²) in [6.45, 7) is 7.64. The number of carboxylic acid groups (broad SMARTS) is 1. The summed E-state index contributed by atoms with van der Waals surface area (Å²) in [4.78, 5) is 25.7. The topological polar surface area (TPSA) is 69.7 Å². The summed E-state index contributed by atoms with van der Waals surface area (Å²) in [6.07, 6.45) is 0.641. The van der Waals surface area contributed by atoms with Crippen LogP contribution in [0.25, 0.3) is 0 Å². The van der Waals surface area contributed by atoms with Gasteiger partial charge in [-0.05, 0) is 46.1 Å². The van der Waals surface area contributed by atoms with Gasteiger partial charge in [-0.1, -0.05) is 29.8 Å². The molecule has 0 unspecified atom stereocenters. The van der Waals surface area contributed by atoms with Crippen LogP contribution in [0.4, 0.5) is 4.79 Å². The molecule has 5 nitrogen and oxygen atoms in total. The monoisotopic (exact) mass is 318 g/mol. The molecule has 2 rings (SSSR count). The molecule has 1 aromatic rings. The van der Waals surface area contributed by atoms with E-state index in [9.17, 15) is 14.7 Å². The predicted octanol–water partition coefficient (Wildman–Crippen LogP) is 2.06. The van der Waals surface area contributed by atoms with Crippen LogP contribution in [0.15, 0.2) is 24.3 Å². The SMILES string of the molecule is Cc1ccc(C[C@]2(C(=O)[O-])CCCN2C(=O)OC(C)(C)C)cc1. The molecule has 1 aromatic carbocycles. The van der Waals surface area contributed by atoms with Crippen molar-refractivity contribution in [3.63, 3.8) is 0 Å². The summed E-state index contributed by atoms with van der Waals surface area (Å²) in [6, 6.07) is 7.66. The molecule has 1 atom stereocenters. The summed E-state index contributed by atoms with van der Waals surface area (Å²) in [5.41, 5.74) is -0.0272. The van der Waals surface area contributed by atoms with Gasteiger partial charge >= 0.3 is 6.09 Å². The second kappa shape index (κ2) is 6.22. The molecule has 0 spiro atoms. The molecule has 1 aliphatic heterocycles. The Hall–Kier alpha value is -2.04. The van der Waals surface area contributed by atoms with E-state index in [1.165, 1.54) is 4.90 Å². The van der Waals surface area contributed by atoms with Crippen molar-refractivity contribution in [1.29, 1.82) is 0 Å². The molecule has 1 saturated heterocycles. The summed E-state index contributed by atoms with van der Waals surface area (Å²) < 4.78 is 5.38. The molecule has 23 heavy (non-hydrogen) atoms. The standard InChI is InChI=1S/C18H25NO4/c1-13-6-8-14(9-7-13)12-18(15(20)21)10-5-11-19(18)16(22)23-17(2,3)4/h6-9H,5,10-12H2,1-4H3,(H,20,21)/p-1/t18-/m0/s1. The van der Waals surface area contributed by atoms with Gasteiger partial charge in [0.1, 0.15) is 5.60 Å². The minimum Gasteiger partial charge on any atom is -0.548 e. The van der Waals surface area contributed by atoms with E-state index >= 15 is 0 Å². The quantitative estimate of drug-likeness (QED) is 0.855. The number of aliphatic carboxylic acids is 1. The van der Waals surface area contributed by atoms with Crippen molar-refractivity contribution in [2.24, 2.45) is 0 Å². The Bertz CT molecular complexity index is 588. The van der Waals surface area contributed by atoms with E-state index in [4.69, 9.17) is 4.74 Å². The van der Waals surface area contributed by atoms with E-state index in [1.54, 1.807) is 20.8 Å². The lowest BCUT2D eigenvalue weighted by molar-refractivity contribution is -0.317. The Kier molecular flexibility index (Phi) is 4.68. The van der Waals surface area contributed by atoms with Crippen LogP contribution in [0, 0.1) is 6.92 Å². The van der Waals surface area contributed by atoms with Gasteiger partial charge in [-0.15, -0.1) is 0 Å². The van der Waals surface area contributed by atoms with Crippen molar-refractivity contribution < 1.29 is 19.4 Å². The molecule has 1 aliphatic rings. The van der Waals surface area contributed by atoms with Crippen molar-refractivity contribution in [3.05, 3.63) is 35.4 Å². The second-order valence-electron chi connectivity index (χ2n) is 7.22. The molecule has 0 saturated carbocycles. The highest BCUT2D eigenvalue weighted by Gasteiger charge is 2.46. The average molecular weight is 318 g/mol. The molecular weight excluding hydrogens is 294 g/mol. The molecule has 1 fully saturated rings. The normalized spacial score (nSPS) is 21.3. The fourth-order valence-electron chi connectivity index (χ4n) is 2.97. The largest absolute Gasteiger partial charge is 0.548 e. The third-order valence-electron chi connectivity index (χ3n) is 4.10. The lowest BCUT2D eigenvalue weighted by Gasteiger charge is -2.40. The van der Waals surface area contributed by atoms with Crippen LogP contribution in [-0.4, -0.2) is 34.6 Å². The molecule has 0 aromatic heterocycles. The van der Waals surface area contributed by atoms with Crippen LogP contribution in [0.5, 0.6) is 0 Å². The van der Waals surface area contributed by atoms with Crippen LogP contribution in [-0.2, 0) is 16.0 Å². The number of hydrogen-bond acceptors (Lipinski definition) is 4. The lowest BCUT2D eigenvalue weighted by Crippen LogP contribution is -2.60. The molecule has 0 N–H and O–H groups in total. The number of ether oxygens (including phenoxy) is 1. The maximum Gasteiger partial charge on any atom is 0.411 e. The molecule has 0 aliphatic carbocycles. The highest BCUT2D eigenvalue weighted by molar-refractivity contribution is 5.84. The van der Waals surface area contributed by atoms with Crippen molar-refractivity contribution in [1.82, 2.24) is 4.90 Å². The van der Waals surface area contributed by atoms with Crippen molar-refractivity contribution >= 4 is 12.1 Å². The predicted molar refractivity (Wildman–Crippen MR) is 84.8 cm³/mol. The van der Waals surface area contributed by atoms with Crippen LogP contribution in [0.1, 0.15) is 44.7 Å². The molecule has 1 amide bonds. The Balaban J connectivity index is 2.29. The average Bonchev–Trinajstić information content (AvgIpc) is 2.84. The Morgan fingerprint density at radius 2 is 1.87 bits per heavy atom. The molecule has 0 bridgehead atoms. The van der Waals surface area contributed by atoms with Gasteiger partial charge in [0, 0.05) is 13.0 Å². The second-order valence-corrected chi connectivity index (χ2v) is 7.22. The fraction of sp³-hybridized carbons (Fsp3) is 0.556. The maximum absolute atomic E-state index is 12.4. The number of carbonyl (C=O) groups excluding carboxylic acids is 2. The van der Waals surface area contributed by atoms with Crippen LogP contribution < -0.4 is 5.11 Å². The number of likely N-dealkylation sites (tertiary alicyclic amines) is 1. The first kappa shape index (κ1) is 17.3. The van der Waals surface area contributed by atoms with E-state index in [-0.39, 0.29) is 6.42 Å². The number of carbonyl (C=O) groups is 2. The molecule has 0 radical (unpaired) electrons. The third-order valence-corrected chi connectivity index (χ3v) is 4.10. The minimum atomic E-state index is -1.34. The number of hydrogen-bond donors (Lipinski definition) is 0. The van der Waals surface area contributed by atoms with Gasteiger partial charge in [0.15, 0.2) is 0 Å². The van der Waals surface area contributed by atoms with Crippen molar-refractivity contribution in [2.75, 3.05) is 6.54 Å². The third kappa shape index (κ3) is 3.84. The minimum absolute atomic E-state index is 0.231. The number of carboxylic acids is 1. The van der Waals surface area contributed by atoms with Gasteiger partial charge in [-0.2, -0.15) is 0 Å². The molecule has 126 valence electrons. The highest BCUT2D eigenvalue weighted by atomic mass is 16.6. The van der Waals surface area contributed by atoms with Gasteiger partial charge in [0.25, 0.3) is 0 Å². The smallest absolute Gasteiger partial charge is 0.411 e.